The summed E-state index contributed by atoms with van der Waals surface area (Å²) in [6.45, 7) is 3.34. The van der Waals surface area contributed by atoms with Crippen LogP contribution in [-0.2, 0) is 20.9 Å². The molecule has 14 heteroatoms. The molecular weight excluding hydrogens is 813 g/mol. The average Bonchev–Trinajstić information content (AvgIpc) is 3.00. The predicted octanol–water partition coefficient (Wildman–Crippen LogP) is 5.34. The largest absolute Gasteiger partial charge is 0.493 e. The fourth-order valence-electron chi connectivity index (χ4n) is 4.32. The standard InChI is InChI=1S/C31H29FI2N4O7/c1-4-43-30(40)27-17(2)36-31(41)37-28(27)19-7-10-24(25(12-19)42-3)44-16-26(39)38-35-14-20-11-22(33)13-23(34)29(20)45-15-18-5-8-21(32)9-6-18/h5-14,28H,4,15-16H2,1-3H3,(H,38,39)(H2,36,37,41)/b35-14+/t28-/m1/s1. The minimum atomic E-state index is -0.785. The Hall–Kier alpha value is -3.93. The summed E-state index contributed by atoms with van der Waals surface area (Å²) in [6, 6.07) is 13.4. The molecule has 236 valence electrons. The van der Waals surface area contributed by atoms with Gasteiger partial charge in [-0.25, -0.2) is 19.4 Å². The van der Waals surface area contributed by atoms with E-state index < -0.39 is 23.9 Å². The quantitative estimate of drug-likeness (QED) is 0.0970. The van der Waals surface area contributed by atoms with Crippen LogP contribution in [0.5, 0.6) is 17.2 Å². The summed E-state index contributed by atoms with van der Waals surface area (Å²) in [7, 11) is 1.43. The van der Waals surface area contributed by atoms with Gasteiger partial charge in [-0.15, -0.1) is 0 Å². The van der Waals surface area contributed by atoms with Gasteiger partial charge < -0.3 is 29.6 Å². The van der Waals surface area contributed by atoms with Crippen molar-refractivity contribution < 1.29 is 37.7 Å². The summed E-state index contributed by atoms with van der Waals surface area (Å²) in [5.41, 5.74) is 5.07. The number of esters is 1. The van der Waals surface area contributed by atoms with E-state index in [2.05, 4.69) is 66.3 Å². The number of hydrazone groups is 1. The Kier molecular flexibility index (Phi) is 12.0. The number of halogens is 3. The van der Waals surface area contributed by atoms with Crippen LogP contribution >= 0.6 is 45.2 Å². The zero-order chi connectivity index (χ0) is 32.5. The van der Waals surface area contributed by atoms with E-state index >= 15 is 0 Å². The first-order chi connectivity index (χ1) is 21.6. The third kappa shape index (κ3) is 9.06. The van der Waals surface area contributed by atoms with E-state index in [9.17, 15) is 18.8 Å². The molecule has 1 aliphatic rings. The lowest BCUT2D eigenvalue weighted by atomic mass is 9.95. The summed E-state index contributed by atoms with van der Waals surface area (Å²) < 4.78 is 37.4. The Bertz CT molecular complexity index is 1650. The van der Waals surface area contributed by atoms with Crippen LogP contribution in [0.25, 0.3) is 0 Å². The van der Waals surface area contributed by atoms with Crippen LogP contribution in [0, 0.1) is 13.0 Å². The number of rotatable bonds is 12. The number of benzene rings is 3. The molecule has 0 radical (unpaired) electrons. The van der Waals surface area contributed by atoms with Gasteiger partial charge in [0.05, 0.1) is 35.1 Å². The van der Waals surface area contributed by atoms with E-state index in [4.69, 9.17) is 18.9 Å². The number of amides is 3. The van der Waals surface area contributed by atoms with Gasteiger partial charge in [-0.2, -0.15) is 5.10 Å². The number of carbonyl (C=O) groups is 3. The van der Waals surface area contributed by atoms with Crippen molar-refractivity contribution in [2.45, 2.75) is 26.5 Å². The van der Waals surface area contributed by atoms with Crippen molar-refractivity contribution in [1.82, 2.24) is 16.1 Å². The first kappa shape index (κ1) is 34.0. The highest BCUT2D eigenvalue weighted by Crippen LogP contribution is 2.34. The fourth-order valence-corrected chi connectivity index (χ4v) is 6.37. The summed E-state index contributed by atoms with van der Waals surface area (Å²) in [5.74, 6) is -0.289. The molecule has 0 bridgehead atoms. The van der Waals surface area contributed by atoms with Crippen LogP contribution in [-0.4, -0.2) is 44.4 Å². The summed E-state index contributed by atoms with van der Waals surface area (Å²) in [6.07, 6.45) is 1.47. The van der Waals surface area contributed by atoms with E-state index in [1.54, 1.807) is 44.2 Å². The van der Waals surface area contributed by atoms with Gasteiger partial charge in [0.1, 0.15) is 18.2 Å². The Morgan fingerprint density at radius 2 is 1.82 bits per heavy atom. The SMILES string of the molecule is CCOC(=O)C1=C(C)NC(=O)N[C@@H]1c1ccc(OCC(=O)N/N=C/c2cc(I)cc(I)c2OCc2ccc(F)cc2)c(OC)c1. The minimum Gasteiger partial charge on any atom is -0.493 e. The summed E-state index contributed by atoms with van der Waals surface area (Å²) >= 11 is 4.33. The third-order valence-corrected chi connectivity index (χ3v) is 7.79. The van der Waals surface area contributed by atoms with E-state index in [0.717, 1.165) is 12.7 Å². The van der Waals surface area contributed by atoms with Crippen molar-refractivity contribution >= 4 is 69.3 Å². The van der Waals surface area contributed by atoms with Gasteiger partial charge in [0.25, 0.3) is 5.91 Å². The van der Waals surface area contributed by atoms with Gasteiger partial charge in [0.2, 0.25) is 0 Å². The highest BCUT2D eigenvalue weighted by molar-refractivity contribution is 14.1. The van der Waals surface area contributed by atoms with Gasteiger partial charge in [0.15, 0.2) is 18.1 Å². The summed E-state index contributed by atoms with van der Waals surface area (Å²) in [5, 5.41) is 9.39. The second-order valence-corrected chi connectivity index (χ2v) is 11.9. The number of hydrogen-bond donors (Lipinski definition) is 3. The first-order valence-corrected chi connectivity index (χ1v) is 15.7. The van der Waals surface area contributed by atoms with Crippen molar-refractivity contribution in [3.63, 3.8) is 0 Å². The average molecular weight is 842 g/mol. The molecule has 0 saturated heterocycles. The van der Waals surface area contributed by atoms with Crippen LogP contribution < -0.4 is 30.3 Å². The van der Waals surface area contributed by atoms with Gasteiger partial charge in [-0.1, -0.05) is 18.2 Å². The Labute approximate surface area is 286 Å². The normalized spacial score (nSPS) is 14.4. The lowest BCUT2D eigenvalue weighted by molar-refractivity contribution is -0.139. The molecule has 0 aliphatic carbocycles. The lowest BCUT2D eigenvalue weighted by Crippen LogP contribution is -2.45. The van der Waals surface area contributed by atoms with Crippen LogP contribution in [0.2, 0.25) is 0 Å². The molecule has 1 aliphatic heterocycles. The number of nitrogens with one attached hydrogen (secondary N) is 3. The van der Waals surface area contributed by atoms with Crippen molar-refractivity contribution in [1.29, 1.82) is 0 Å². The molecule has 3 aromatic rings. The topological polar surface area (TPSA) is 137 Å². The number of ether oxygens (including phenoxy) is 4. The molecule has 0 spiro atoms. The maximum atomic E-state index is 13.2. The lowest BCUT2D eigenvalue weighted by Gasteiger charge is -2.28. The van der Waals surface area contributed by atoms with E-state index in [1.165, 1.54) is 25.5 Å². The van der Waals surface area contributed by atoms with Crippen LogP contribution in [0.3, 0.4) is 0 Å². The molecular formula is C31H29FI2N4O7. The number of carbonyl (C=O) groups excluding carboxylic acids is 3. The van der Waals surface area contributed by atoms with E-state index in [-0.39, 0.29) is 42.7 Å². The second-order valence-electron chi connectivity index (χ2n) is 9.50. The third-order valence-electron chi connectivity index (χ3n) is 6.37. The number of allylic oxidation sites excluding steroid dienone is 1. The number of nitrogens with zero attached hydrogens (tertiary/aromatic N) is 1. The van der Waals surface area contributed by atoms with Crippen LogP contribution in [0.4, 0.5) is 9.18 Å². The first-order valence-electron chi connectivity index (χ1n) is 13.5. The van der Waals surface area contributed by atoms with Gasteiger partial charge in [-0.05, 0) is 107 Å². The van der Waals surface area contributed by atoms with Crippen molar-refractivity contribution in [3.8, 4) is 17.2 Å². The maximum absolute atomic E-state index is 13.2. The van der Waals surface area contributed by atoms with E-state index in [0.29, 0.717) is 22.6 Å². The second kappa shape index (κ2) is 15.9. The fraction of sp³-hybridized carbons (Fsp3) is 0.226. The Balaban J connectivity index is 1.41. The van der Waals surface area contributed by atoms with Crippen LogP contribution in [0.1, 0.15) is 36.6 Å². The monoisotopic (exact) mass is 842 g/mol. The van der Waals surface area contributed by atoms with Crippen molar-refractivity contribution in [2.24, 2.45) is 5.10 Å². The zero-order valence-corrected chi connectivity index (χ0v) is 28.7. The van der Waals surface area contributed by atoms with Crippen LogP contribution in [0.15, 0.2) is 71.0 Å². The van der Waals surface area contributed by atoms with E-state index in [1.807, 2.05) is 12.1 Å². The predicted molar refractivity (Wildman–Crippen MR) is 181 cm³/mol. The van der Waals surface area contributed by atoms with Gasteiger partial charge >= 0.3 is 12.0 Å². The molecule has 45 heavy (non-hydrogen) atoms. The molecule has 3 aromatic carbocycles. The Morgan fingerprint density at radius 1 is 1.07 bits per heavy atom. The summed E-state index contributed by atoms with van der Waals surface area (Å²) in [4.78, 5) is 37.4. The van der Waals surface area contributed by atoms with Gasteiger partial charge in [-0.3, -0.25) is 4.79 Å². The molecule has 1 atom stereocenters. The highest BCUT2D eigenvalue weighted by atomic mass is 127. The van der Waals surface area contributed by atoms with Gasteiger partial charge in [0, 0.05) is 14.8 Å². The Morgan fingerprint density at radius 3 is 2.53 bits per heavy atom. The molecule has 0 unspecified atom stereocenters. The highest BCUT2D eigenvalue weighted by Gasteiger charge is 2.32. The molecule has 4 rings (SSSR count). The maximum Gasteiger partial charge on any atom is 0.338 e. The molecule has 1 heterocycles. The molecule has 0 fully saturated rings. The smallest absolute Gasteiger partial charge is 0.338 e. The molecule has 0 aromatic heterocycles. The minimum absolute atomic E-state index is 0.176. The number of hydrogen-bond acceptors (Lipinski definition) is 8. The number of urea groups is 1. The van der Waals surface area contributed by atoms with Crippen molar-refractivity contribution in [3.05, 3.63) is 95.5 Å². The van der Waals surface area contributed by atoms with Crippen molar-refractivity contribution in [2.75, 3.05) is 20.3 Å². The molecule has 3 amide bonds. The molecule has 3 N–H and O–H groups in total. The molecule has 11 nitrogen and oxygen atoms in total. The number of methoxy groups -OCH3 is 1. The molecule has 0 saturated carbocycles. The zero-order valence-electron chi connectivity index (χ0n) is 24.4.